The van der Waals surface area contributed by atoms with E-state index >= 15 is 0 Å². The van der Waals surface area contributed by atoms with Crippen molar-refractivity contribution < 1.29 is 8.42 Å². The van der Waals surface area contributed by atoms with Crippen LogP contribution in [0.3, 0.4) is 0 Å². The summed E-state index contributed by atoms with van der Waals surface area (Å²) in [7, 11) is -3.04. The molecule has 0 aromatic carbocycles. The topological polar surface area (TPSA) is 49.4 Å². The zero-order chi connectivity index (χ0) is 13.9. The molecule has 0 aliphatic carbocycles. The third kappa shape index (κ3) is 4.17. The maximum atomic E-state index is 12.4. The molecule has 2 rings (SSSR count). The molecule has 0 amide bonds. The zero-order valence-electron chi connectivity index (χ0n) is 12.3. The normalized spacial score (nSPS) is 27.8. The van der Waals surface area contributed by atoms with Crippen LogP contribution in [-0.2, 0) is 10.0 Å². The minimum atomic E-state index is -3.04. The van der Waals surface area contributed by atoms with E-state index in [9.17, 15) is 8.42 Å². The van der Waals surface area contributed by atoms with E-state index in [-0.39, 0.29) is 0 Å². The Kier molecular flexibility index (Phi) is 5.26. The Morgan fingerprint density at radius 2 is 1.89 bits per heavy atom. The van der Waals surface area contributed by atoms with Gasteiger partial charge in [-0.1, -0.05) is 13.8 Å². The predicted molar refractivity (Wildman–Crippen MR) is 78.5 cm³/mol. The molecular formula is C14H28N2O2S. The number of rotatable bonds is 4. The van der Waals surface area contributed by atoms with Crippen LogP contribution in [0.25, 0.3) is 0 Å². The summed E-state index contributed by atoms with van der Waals surface area (Å²) in [6.07, 6.45) is 4.21. The van der Waals surface area contributed by atoms with Gasteiger partial charge in [-0.05, 0) is 56.5 Å². The van der Waals surface area contributed by atoms with Crippen molar-refractivity contribution in [2.45, 2.75) is 39.5 Å². The summed E-state index contributed by atoms with van der Waals surface area (Å²) in [6.45, 7) is 7.83. The van der Waals surface area contributed by atoms with E-state index in [4.69, 9.17) is 0 Å². The second-order valence-electron chi connectivity index (χ2n) is 6.47. The van der Waals surface area contributed by atoms with Gasteiger partial charge in [0.1, 0.15) is 0 Å². The highest BCUT2D eigenvalue weighted by atomic mass is 32.2. The second-order valence-corrected chi connectivity index (χ2v) is 8.48. The Labute approximate surface area is 118 Å². The van der Waals surface area contributed by atoms with Crippen molar-refractivity contribution in [1.82, 2.24) is 9.62 Å². The van der Waals surface area contributed by atoms with Crippen molar-refractivity contribution in [3.05, 3.63) is 0 Å². The van der Waals surface area contributed by atoms with E-state index in [1.807, 2.05) is 0 Å². The number of piperidine rings is 2. The van der Waals surface area contributed by atoms with Crippen LogP contribution in [0.2, 0.25) is 0 Å². The van der Waals surface area contributed by atoms with Crippen LogP contribution in [0.1, 0.15) is 39.5 Å². The quantitative estimate of drug-likeness (QED) is 0.856. The molecule has 1 atom stereocenters. The number of hydrogen-bond acceptors (Lipinski definition) is 3. The number of nitrogens with one attached hydrogen (secondary N) is 1. The van der Waals surface area contributed by atoms with Crippen molar-refractivity contribution in [2.24, 2.45) is 17.8 Å². The highest BCUT2D eigenvalue weighted by molar-refractivity contribution is 7.89. The van der Waals surface area contributed by atoms with E-state index in [1.165, 1.54) is 0 Å². The van der Waals surface area contributed by atoms with Crippen molar-refractivity contribution in [1.29, 1.82) is 0 Å². The fourth-order valence-electron chi connectivity index (χ4n) is 3.29. The summed E-state index contributed by atoms with van der Waals surface area (Å²) >= 11 is 0. The standard InChI is InChI=1S/C14H28N2O2S/c1-12(2)14-5-8-16(9-6-14)19(17,18)11-13-4-3-7-15-10-13/h12-15H,3-11H2,1-2H3. The summed E-state index contributed by atoms with van der Waals surface area (Å²) in [6, 6.07) is 0. The molecule has 2 aliphatic heterocycles. The van der Waals surface area contributed by atoms with E-state index in [0.717, 1.165) is 51.9 Å². The van der Waals surface area contributed by atoms with Gasteiger partial charge in [0.15, 0.2) is 0 Å². The minimum Gasteiger partial charge on any atom is -0.316 e. The summed E-state index contributed by atoms with van der Waals surface area (Å²) in [4.78, 5) is 0. The first-order chi connectivity index (χ1) is 8.99. The number of hydrogen-bond donors (Lipinski definition) is 1. The summed E-state index contributed by atoms with van der Waals surface area (Å²) < 4.78 is 26.6. The summed E-state index contributed by atoms with van der Waals surface area (Å²) in [5.41, 5.74) is 0. The molecule has 0 spiro atoms. The fraction of sp³-hybridized carbons (Fsp3) is 1.00. The molecule has 2 saturated heterocycles. The van der Waals surface area contributed by atoms with Crippen LogP contribution < -0.4 is 5.32 Å². The van der Waals surface area contributed by atoms with E-state index in [0.29, 0.717) is 23.5 Å². The molecule has 2 aliphatic rings. The smallest absolute Gasteiger partial charge is 0.214 e. The zero-order valence-corrected chi connectivity index (χ0v) is 13.1. The molecule has 0 bridgehead atoms. The third-order valence-electron chi connectivity index (χ3n) is 4.68. The fourth-order valence-corrected chi connectivity index (χ4v) is 5.15. The molecule has 0 aromatic rings. The third-order valence-corrected chi connectivity index (χ3v) is 6.72. The maximum Gasteiger partial charge on any atom is 0.214 e. The Morgan fingerprint density at radius 1 is 1.21 bits per heavy atom. The molecule has 1 unspecified atom stereocenters. The highest BCUT2D eigenvalue weighted by Gasteiger charge is 2.31. The Bertz CT molecular complexity index is 367. The highest BCUT2D eigenvalue weighted by Crippen LogP contribution is 2.26. The van der Waals surface area contributed by atoms with Crippen molar-refractivity contribution >= 4 is 10.0 Å². The van der Waals surface area contributed by atoms with E-state index in [2.05, 4.69) is 19.2 Å². The SMILES string of the molecule is CC(C)C1CCN(S(=O)(=O)CC2CCCNC2)CC1. The molecule has 0 radical (unpaired) electrons. The van der Waals surface area contributed by atoms with Crippen LogP contribution in [0.4, 0.5) is 0 Å². The van der Waals surface area contributed by atoms with E-state index < -0.39 is 10.0 Å². The number of nitrogens with zero attached hydrogens (tertiary/aromatic N) is 1. The van der Waals surface area contributed by atoms with Crippen molar-refractivity contribution in [3.8, 4) is 0 Å². The molecule has 4 nitrogen and oxygen atoms in total. The lowest BCUT2D eigenvalue weighted by Crippen LogP contribution is -2.43. The Hall–Kier alpha value is -0.130. The minimum absolute atomic E-state index is 0.307. The van der Waals surface area contributed by atoms with Crippen LogP contribution in [0.5, 0.6) is 0 Å². The van der Waals surface area contributed by atoms with Gasteiger partial charge >= 0.3 is 0 Å². The van der Waals surface area contributed by atoms with Gasteiger partial charge in [0.25, 0.3) is 0 Å². The lowest BCUT2D eigenvalue weighted by molar-refractivity contribution is 0.225. The van der Waals surface area contributed by atoms with Gasteiger partial charge in [0.05, 0.1) is 5.75 Å². The van der Waals surface area contributed by atoms with Gasteiger partial charge in [-0.3, -0.25) is 0 Å². The van der Waals surface area contributed by atoms with E-state index in [1.54, 1.807) is 4.31 Å². The molecule has 19 heavy (non-hydrogen) atoms. The first-order valence-corrected chi connectivity index (χ1v) is 9.28. The first kappa shape index (κ1) is 15.3. The van der Waals surface area contributed by atoms with Gasteiger partial charge in [-0.25, -0.2) is 12.7 Å². The van der Waals surface area contributed by atoms with Gasteiger partial charge < -0.3 is 5.32 Å². The summed E-state index contributed by atoms with van der Waals surface area (Å²) in [5, 5.41) is 3.30. The van der Waals surface area contributed by atoms with Crippen LogP contribution >= 0.6 is 0 Å². The van der Waals surface area contributed by atoms with Gasteiger partial charge in [0.2, 0.25) is 10.0 Å². The van der Waals surface area contributed by atoms with Gasteiger partial charge in [-0.2, -0.15) is 0 Å². The Morgan fingerprint density at radius 3 is 2.42 bits per heavy atom. The average molecular weight is 288 g/mol. The van der Waals surface area contributed by atoms with Gasteiger partial charge in [-0.15, -0.1) is 0 Å². The van der Waals surface area contributed by atoms with Crippen molar-refractivity contribution in [3.63, 3.8) is 0 Å². The molecule has 1 N–H and O–H groups in total. The lowest BCUT2D eigenvalue weighted by Gasteiger charge is -2.34. The molecule has 5 heteroatoms. The Balaban J connectivity index is 1.86. The summed E-state index contributed by atoms with van der Waals surface area (Å²) in [5.74, 6) is 2.02. The molecule has 0 saturated carbocycles. The van der Waals surface area contributed by atoms with Crippen LogP contribution in [0.15, 0.2) is 0 Å². The molecule has 2 heterocycles. The largest absolute Gasteiger partial charge is 0.316 e. The number of sulfonamides is 1. The monoisotopic (exact) mass is 288 g/mol. The van der Waals surface area contributed by atoms with Crippen LogP contribution in [-0.4, -0.2) is 44.7 Å². The molecule has 0 aromatic heterocycles. The molecular weight excluding hydrogens is 260 g/mol. The second kappa shape index (κ2) is 6.55. The maximum absolute atomic E-state index is 12.4. The van der Waals surface area contributed by atoms with Gasteiger partial charge in [0, 0.05) is 13.1 Å². The van der Waals surface area contributed by atoms with Crippen LogP contribution in [0, 0.1) is 17.8 Å². The van der Waals surface area contributed by atoms with Crippen molar-refractivity contribution in [2.75, 3.05) is 31.9 Å². The molecule has 2 fully saturated rings. The first-order valence-electron chi connectivity index (χ1n) is 7.67. The average Bonchev–Trinajstić information content (AvgIpc) is 2.39. The molecule has 112 valence electrons. The lowest BCUT2D eigenvalue weighted by atomic mass is 9.87. The predicted octanol–water partition coefficient (Wildman–Crippen LogP) is 1.68.